The number of aryl methyl sites for hydroxylation is 2. The van der Waals surface area contributed by atoms with E-state index in [2.05, 4.69) is 39.0 Å². The molecule has 0 aromatic heterocycles. The summed E-state index contributed by atoms with van der Waals surface area (Å²) in [6, 6.07) is 6.64. The van der Waals surface area contributed by atoms with Gasteiger partial charge in [-0.1, -0.05) is 30.7 Å². The van der Waals surface area contributed by atoms with E-state index in [4.69, 9.17) is 5.73 Å². The van der Waals surface area contributed by atoms with E-state index in [0.717, 1.165) is 18.8 Å². The van der Waals surface area contributed by atoms with E-state index in [1.54, 1.807) is 0 Å². The van der Waals surface area contributed by atoms with Crippen molar-refractivity contribution in [2.75, 3.05) is 0 Å². The van der Waals surface area contributed by atoms with Crippen LogP contribution in [0.3, 0.4) is 0 Å². The Morgan fingerprint density at radius 2 is 2.07 bits per heavy atom. The van der Waals surface area contributed by atoms with Crippen LogP contribution in [0.15, 0.2) is 18.2 Å². The Kier molecular flexibility index (Phi) is 2.59. The van der Waals surface area contributed by atoms with Crippen molar-refractivity contribution in [3.63, 3.8) is 0 Å². The molecule has 1 nitrogen and oxygen atoms in total. The summed E-state index contributed by atoms with van der Waals surface area (Å²) in [6.45, 7) is 6.62. The highest BCUT2D eigenvalue weighted by molar-refractivity contribution is 5.36. The Morgan fingerprint density at radius 3 is 2.67 bits per heavy atom. The molecule has 1 saturated carbocycles. The molecule has 82 valence electrons. The van der Waals surface area contributed by atoms with Crippen LogP contribution < -0.4 is 5.73 Å². The van der Waals surface area contributed by atoms with Crippen molar-refractivity contribution in [2.45, 2.75) is 45.6 Å². The van der Waals surface area contributed by atoms with E-state index in [-0.39, 0.29) is 5.54 Å². The van der Waals surface area contributed by atoms with Crippen LogP contribution in [0.4, 0.5) is 0 Å². The van der Waals surface area contributed by atoms with E-state index in [0.29, 0.717) is 0 Å². The van der Waals surface area contributed by atoms with Gasteiger partial charge in [-0.3, -0.25) is 0 Å². The van der Waals surface area contributed by atoms with Crippen molar-refractivity contribution in [1.82, 2.24) is 0 Å². The summed E-state index contributed by atoms with van der Waals surface area (Å²) in [5, 5.41) is 0. The Morgan fingerprint density at radius 1 is 1.33 bits per heavy atom. The standard InChI is InChI=1S/C14H21N/c1-10-4-5-12(3)13(8-10)14(15)7-6-11(2)9-14/h4-5,8,11H,6-7,9,15H2,1-3H3. The van der Waals surface area contributed by atoms with Gasteiger partial charge in [0.2, 0.25) is 0 Å². The molecule has 15 heavy (non-hydrogen) atoms. The van der Waals surface area contributed by atoms with Gasteiger partial charge in [-0.25, -0.2) is 0 Å². The third-order valence-corrected chi connectivity index (χ3v) is 3.73. The monoisotopic (exact) mass is 203 g/mol. The van der Waals surface area contributed by atoms with Gasteiger partial charge in [0.1, 0.15) is 0 Å². The Bertz CT molecular complexity index is 370. The molecular formula is C14H21N. The molecule has 1 aromatic carbocycles. The van der Waals surface area contributed by atoms with Crippen LogP contribution in [0.1, 0.15) is 42.9 Å². The molecule has 2 unspecified atom stereocenters. The average Bonchev–Trinajstić information content (AvgIpc) is 2.52. The number of rotatable bonds is 1. The van der Waals surface area contributed by atoms with Gasteiger partial charge >= 0.3 is 0 Å². The smallest absolute Gasteiger partial charge is 0.0415 e. The van der Waals surface area contributed by atoms with E-state index >= 15 is 0 Å². The quantitative estimate of drug-likeness (QED) is 0.744. The molecule has 0 saturated heterocycles. The molecule has 1 fully saturated rings. The van der Waals surface area contributed by atoms with Gasteiger partial charge in [0.05, 0.1) is 0 Å². The molecular weight excluding hydrogens is 182 g/mol. The maximum atomic E-state index is 6.54. The summed E-state index contributed by atoms with van der Waals surface area (Å²) >= 11 is 0. The van der Waals surface area contributed by atoms with Gasteiger partial charge in [-0.05, 0) is 50.2 Å². The van der Waals surface area contributed by atoms with Crippen molar-refractivity contribution >= 4 is 0 Å². The lowest BCUT2D eigenvalue weighted by Gasteiger charge is -2.27. The second-order valence-corrected chi connectivity index (χ2v) is 5.32. The first-order valence-corrected chi connectivity index (χ1v) is 5.88. The van der Waals surface area contributed by atoms with Gasteiger partial charge in [0.25, 0.3) is 0 Å². The second kappa shape index (κ2) is 3.64. The van der Waals surface area contributed by atoms with E-state index in [1.807, 2.05) is 0 Å². The summed E-state index contributed by atoms with van der Waals surface area (Å²) < 4.78 is 0. The lowest BCUT2D eigenvalue weighted by atomic mass is 9.85. The van der Waals surface area contributed by atoms with Crippen LogP contribution >= 0.6 is 0 Å². The molecule has 0 spiro atoms. The minimum Gasteiger partial charge on any atom is -0.321 e. The molecule has 2 rings (SSSR count). The number of benzene rings is 1. The fourth-order valence-electron chi connectivity index (χ4n) is 2.85. The zero-order valence-corrected chi connectivity index (χ0v) is 10.0. The molecule has 0 aliphatic heterocycles. The molecule has 2 N–H and O–H groups in total. The third kappa shape index (κ3) is 1.93. The normalized spacial score (nSPS) is 30.8. The molecule has 0 amide bonds. The molecule has 1 heteroatoms. The van der Waals surface area contributed by atoms with Gasteiger partial charge in [0.15, 0.2) is 0 Å². The Balaban J connectivity index is 2.40. The molecule has 1 aliphatic rings. The predicted molar refractivity (Wildman–Crippen MR) is 64.8 cm³/mol. The highest BCUT2D eigenvalue weighted by atomic mass is 14.8. The van der Waals surface area contributed by atoms with Crippen LogP contribution in [0, 0.1) is 19.8 Å². The molecule has 1 aliphatic carbocycles. The zero-order chi connectivity index (χ0) is 11.1. The summed E-state index contributed by atoms with van der Waals surface area (Å²) in [5.41, 5.74) is 10.5. The van der Waals surface area contributed by atoms with Crippen LogP contribution in [0.25, 0.3) is 0 Å². The first-order valence-electron chi connectivity index (χ1n) is 5.88. The first kappa shape index (κ1) is 10.7. The number of hydrogen-bond acceptors (Lipinski definition) is 1. The Labute approximate surface area is 92.7 Å². The summed E-state index contributed by atoms with van der Waals surface area (Å²) in [5.74, 6) is 0.773. The van der Waals surface area contributed by atoms with Crippen LogP contribution in [0.2, 0.25) is 0 Å². The van der Waals surface area contributed by atoms with Crippen molar-refractivity contribution in [2.24, 2.45) is 11.7 Å². The van der Waals surface area contributed by atoms with Crippen molar-refractivity contribution < 1.29 is 0 Å². The molecule has 0 radical (unpaired) electrons. The molecule has 1 aromatic rings. The van der Waals surface area contributed by atoms with E-state index in [9.17, 15) is 0 Å². The van der Waals surface area contributed by atoms with Crippen LogP contribution in [0.5, 0.6) is 0 Å². The fraction of sp³-hybridized carbons (Fsp3) is 0.571. The van der Waals surface area contributed by atoms with Gasteiger partial charge in [0, 0.05) is 5.54 Å². The van der Waals surface area contributed by atoms with Gasteiger partial charge in [-0.2, -0.15) is 0 Å². The van der Waals surface area contributed by atoms with Gasteiger partial charge in [-0.15, -0.1) is 0 Å². The largest absolute Gasteiger partial charge is 0.321 e. The molecule has 2 atom stereocenters. The lowest BCUT2D eigenvalue weighted by Crippen LogP contribution is -2.34. The zero-order valence-electron chi connectivity index (χ0n) is 10.0. The second-order valence-electron chi connectivity index (χ2n) is 5.32. The minimum atomic E-state index is -0.0600. The topological polar surface area (TPSA) is 26.0 Å². The van der Waals surface area contributed by atoms with E-state index < -0.39 is 0 Å². The fourth-order valence-corrected chi connectivity index (χ4v) is 2.85. The van der Waals surface area contributed by atoms with E-state index in [1.165, 1.54) is 23.1 Å². The number of nitrogens with two attached hydrogens (primary N) is 1. The van der Waals surface area contributed by atoms with Crippen LogP contribution in [-0.2, 0) is 5.54 Å². The van der Waals surface area contributed by atoms with Crippen molar-refractivity contribution in [3.05, 3.63) is 34.9 Å². The van der Waals surface area contributed by atoms with Crippen molar-refractivity contribution in [3.8, 4) is 0 Å². The Hall–Kier alpha value is -0.820. The van der Waals surface area contributed by atoms with Gasteiger partial charge < -0.3 is 5.73 Å². The minimum absolute atomic E-state index is 0.0600. The summed E-state index contributed by atoms with van der Waals surface area (Å²) in [4.78, 5) is 0. The lowest BCUT2D eigenvalue weighted by molar-refractivity contribution is 0.438. The SMILES string of the molecule is Cc1ccc(C)c(C2(N)CCC(C)C2)c1. The summed E-state index contributed by atoms with van der Waals surface area (Å²) in [6.07, 6.45) is 3.54. The summed E-state index contributed by atoms with van der Waals surface area (Å²) in [7, 11) is 0. The average molecular weight is 203 g/mol. The maximum absolute atomic E-state index is 6.54. The highest BCUT2D eigenvalue weighted by Gasteiger charge is 2.36. The maximum Gasteiger partial charge on any atom is 0.0415 e. The van der Waals surface area contributed by atoms with Crippen molar-refractivity contribution in [1.29, 1.82) is 0 Å². The number of hydrogen-bond donors (Lipinski definition) is 1. The third-order valence-electron chi connectivity index (χ3n) is 3.73. The van der Waals surface area contributed by atoms with Crippen LogP contribution in [-0.4, -0.2) is 0 Å². The highest BCUT2D eigenvalue weighted by Crippen LogP contribution is 2.41. The predicted octanol–water partition coefficient (Wildman–Crippen LogP) is 3.28. The first-order chi connectivity index (χ1) is 7.01. The molecule has 0 heterocycles. The molecule has 0 bridgehead atoms.